The quantitative estimate of drug-likeness (QED) is 0.800. The summed E-state index contributed by atoms with van der Waals surface area (Å²) in [4.78, 5) is 28.3. The van der Waals surface area contributed by atoms with Crippen LogP contribution in [0.2, 0.25) is 0 Å². The van der Waals surface area contributed by atoms with Crippen molar-refractivity contribution in [3.63, 3.8) is 0 Å². The van der Waals surface area contributed by atoms with Crippen molar-refractivity contribution in [1.29, 1.82) is 0 Å². The molecule has 2 heterocycles. The maximum absolute atomic E-state index is 12.7. The van der Waals surface area contributed by atoms with Crippen molar-refractivity contribution in [2.75, 3.05) is 26.2 Å². The average Bonchev–Trinajstić information content (AvgIpc) is 3.18. The molecule has 4 nitrogen and oxygen atoms in total. The first-order valence-electron chi connectivity index (χ1n) is 10.4. The topological polar surface area (TPSA) is 40.6 Å². The zero-order valence-corrected chi connectivity index (χ0v) is 16.3. The second-order valence-corrected chi connectivity index (χ2v) is 7.93. The number of hydrogen-bond acceptors (Lipinski definition) is 2. The van der Waals surface area contributed by atoms with Crippen LogP contribution in [0.1, 0.15) is 43.2 Å². The second-order valence-electron chi connectivity index (χ2n) is 7.93. The number of rotatable bonds is 5. The number of carbonyl (C=O) groups excluding carboxylic acids is 2. The Morgan fingerprint density at radius 2 is 1.43 bits per heavy atom. The smallest absolute Gasteiger partial charge is 0.224 e. The Kier molecular flexibility index (Phi) is 5.47. The van der Waals surface area contributed by atoms with Gasteiger partial charge in [-0.3, -0.25) is 9.59 Å². The summed E-state index contributed by atoms with van der Waals surface area (Å²) < 4.78 is 0. The number of nitrogens with zero attached hydrogens (tertiary/aromatic N) is 2. The molecule has 146 valence electrons. The minimum absolute atomic E-state index is 0.0375. The van der Waals surface area contributed by atoms with Crippen LogP contribution in [0.5, 0.6) is 0 Å². The monoisotopic (exact) mass is 376 g/mol. The summed E-state index contributed by atoms with van der Waals surface area (Å²) >= 11 is 0. The summed E-state index contributed by atoms with van der Waals surface area (Å²) in [5, 5.41) is 0. The van der Waals surface area contributed by atoms with Gasteiger partial charge in [-0.15, -0.1) is 0 Å². The first-order chi connectivity index (χ1) is 13.7. The van der Waals surface area contributed by atoms with Crippen LogP contribution in [0.3, 0.4) is 0 Å². The number of hydrogen-bond donors (Lipinski definition) is 0. The Labute approximate surface area is 167 Å². The summed E-state index contributed by atoms with van der Waals surface area (Å²) in [7, 11) is 0. The molecule has 0 bridgehead atoms. The molecule has 2 aromatic rings. The van der Waals surface area contributed by atoms with Crippen LogP contribution >= 0.6 is 0 Å². The van der Waals surface area contributed by atoms with Gasteiger partial charge in [0.2, 0.25) is 11.8 Å². The van der Waals surface area contributed by atoms with Crippen molar-refractivity contribution in [2.45, 2.75) is 37.5 Å². The Balaban J connectivity index is 1.45. The normalized spacial score (nSPS) is 19.1. The maximum atomic E-state index is 12.7. The molecule has 0 N–H and O–H groups in total. The largest absolute Gasteiger partial charge is 0.343 e. The summed E-state index contributed by atoms with van der Waals surface area (Å²) in [5.41, 5.74) is 2.62. The second kappa shape index (κ2) is 8.17. The van der Waals surface area contributed by atoms with Crippen LogP contribution in [-0.2, 0) is 15.0 Å². The van der Waals surface area contributed by atoms with Crippen molar-refractivity contribution in [3.05, 3.63) is 71.8 Å². The first kappa shape index (κ1) is 18.7. The van der Waals surface area contributed by atoms with Crippen LogP contribution in [0.25, 0.3) is 0 Å². The van der Waals surface area contributed by atoms with E-state index in [1.54, 1.807) is 0 Å². The van der Waals surface area contributed by atoms with Gasteiger partial charge in [0.1, 0.15) is 0 Å². The third-order valence-corrected chi connectivity index (χ3v) is 6.39. The van der Waals surface area contributed by atoms with Crippen molar-refractivity contribution >= 4 is 11.8 Å². The van der Waals surface area contributed by atoms with Gasteiger partial charge in [-0.25, -0.2) is 0 Å². The third-order valence-electron chi connectivity index (χ3n) is 6.39. The highest BCUT2D eigenvalue weighted by Gasteiger charge is 2.38. The fourth-order valence-electron chi connectivity index (χ4n) is 4.73. The molecule has 2 aliphatic rings. The zero-order chi connectivity index (χ0) is 19.4. The molecule has 2 saturated heterocycles. The van der Waals surface area contributed by atoms with Gasteiger partial charge in [0, 0.05) is 44.4 Å². The van der Waals surface area contributed by atoms with Crippen molar-refractivity contribution in [1.82, 2.24) is 9.80 Å². The lowest BCUT2D eigenvalue weighted by Crippen LogP contribution is -2.46. The fourth-order valence-corrected chi connectivity index (χ4v) is 4.73. The maximum Gasteiger partial charge on any atom is 0.224 e. The lowest BCUT2D eigenvalue weighted by Gasteiger charge is -2.43. The Morgan fingerprint density at radius 3 is 1.93 bits per heavy atom. The Bertz CT molecular complexity index is 770. The minimum Gasteiger partial charge on any atom is -0.343 e. The van der Waals surface area contributed by atoms with Crippen LogP contribution < -0.4 is 0 Å². The molecule has 0 aliphatic carbocycles. The van der Waals surface area contributed by atoms with Gasteiger partial charge in [-0.1, -0.05) is 60.7 Å². The van der Waals surface area contributed by atoms with Crippen molar-refractivity contribution in [2.24, 2.45) is 0 Å². The van der Waals surface area contributed by atoms with Gasteiger partial charge >= 0.3 is 0 Å². The summed E-state index contributed by atoms with van der Waals surface area (Å²) in [5.74, 6) is 0.369. The predicted octanol–water partition coefficient (Wildman–Crippen LogP) is 3.61. The highest BCUT2D eigenvalue weighted by molar-refractivity contribution is 5.80. The van der Waals surface area contributed by atoms with Gasteiger partial charge in [0.25, 0.3) is 0 Å². The number of amides is 2. The first-order valence-corrected chi connectivity index (χ1v) is 10.4. The highest BCUT2D eigenvalue weighted by atomic mass is 16.2. The molecule has 4 heteroatoms. The summed E-state index contributed by atoms with van der Waals surface area (Å²) in [6, 6.07) is 21.4. The van der Waals surface area contributed by atoms with E-state index in [1.807, 2.05) is 9.80 Å². The van der Waals surface area contributed by atoms with Gasteiger partial charge in [0.15, 0.2) is 0 Å². The molecule has 0 aromatic heterocycles. The van der Waals surface area contributed by atoms with Gasteiger partial charge in [-0.05, 0) is 30.4 Å². The van der Waals surface area contributed by atoms with Crippen molar-refractivity contribution < 1.29 is 9.59 Å². The summed E-state index contributed by atoms with van der Waals surface area (Å²) in [6.45, 7) is 2.89. The SMILES string of the molecule is O=C1CCCN1CCC(=O)N1CCC(c2ccccc2)(c2ccccc2)CC1. The van der Waals surface area contributed by atoms with Gasteiger partial charge < -0.3 is 9.80 Å². The van der Waals surface area contributed by atoms with Gasteiger partial charge in [-0.2, -0.15) is 0 Å². The molecule has 0 saturated carbocycles. The van der Waals surface area contributed by atoms with Crippen LogP contribution in [0.4, 0.5) is 0 Å². The number of benzene rings is 2. The predicted molar refractivity (Wildman–Crippen MR) is 110 cm³/mol. The zero-order valence-electron chi connectivity index (χ0n) is 16.3. The molecule has 0 unspecified atom stereocenters. The Morgan fingerprint density at radius 1 is 0.857 bits per heavy atom. The third kappa shape index (κ3) is 3.68. The van der Waals surface area contributed by atoms with Crippen LogP contribution in [0, 0.1) is 0 Å². The van der Waals surface area contributed by atoms with E-state index >= 15 is 0 Å². The number of carbonyl (C=O) groups is 2. The average molecular weight is 377 g/mol. The van der Waals surface area contributed by atoms with E-state index in [1.165, 1.54) is 11.1 Å². The van der Waals surface area contributed by atoms with E-state index in [2.05, 4.69) is 60.7 Å². The van der Waals surface area contributed by atoms with E-state index in [0.29, 0.717) is 19.4 Å². The number of likely N-dealkylation sites (tertiary alicyclic amines) is 2. The summed E-state index contributed by atoms with van der Waals surface area (Å²) in [6.07, 6.45) is 3.85. The van der Waals surface area contributed by atoms with Gasteiger partial charge in [0.05, 0.1) is 0 Å². The molecule has 28 heavy (non-hydrogen) atoms. The lowest BCUT2D eigenvalue weighted by atomic mass is 9.68. The van der Waals surface area contributed by atoms with Crippen molar-refractivity contribution in [3.8, 4) is 0 Å². The molecule has 0 radical (unpaired) electrons. The van der Waals surface area contributed by atoms with Crippen LogP contribution in [0.15, 0.2) is 60.7 Å². The molecular weight excluding hydrogens is 348 g/mol. The Hall–Kier alpha value is -2.62. The molecule has 2 aliphatic heterocycles. The fraction of sp³-hybridized carbons (Fsp3) is 0.417. The molecule has 0 spiro atoms. The molecular formula is C24H28N2O2. The van der Waals surface area contributed by atoms with E-state index in [9.17, 15) is 9.59 Å². The van der Waals surface area contributed by atoms with E-state index < -0.39 is 0 Å². The van der Waals surface area contributed by atoms with Crippen LogP contribution in [-0.4, -0.2) is 47.8 Å². The van der Waals surface area contributed by atoms with E-state index in [4.69, 9.17) is 0 Å². The molecule has 2 amide bonds. The van der Waals surface area contributed by atoms with E-state index in [-0.39, 0.29) is 17.2 Å². The molecule has 2 fully saturated rings. The molecule has 2 aromatic carbocycles. The molecule has 0 atom stereocenters. The highest BCUT2D eigenvalue weighted by Crippen LogP contribution is 2.41. The standard InChI is InChI=1S/C24H28N2O2/c27-22-12-7-16-25(22)17-13-23(28)26-18-14-24(15-19-26,20-8-3-1-4-9-20)21-10-5-2-6-11-21/h1-6,8-11H,7,12-19H2. The number of piperidine rings is 1. The molecule has 4 rings (SSSR count). The van der Waals surface area contributed by atoms with E-state index in [0.717, 1.165) is 38.9 Å². The lowest BCUT2D eigenvalue weighted by molar-refractivity contribution is -0.134. The minimum atomic E-state index is -0.0375.